The van der Waals surface area contributed by atoms with Crippen LogP contribution >= 0.6 is 11.6 Å². The SMILES string of the molecule is COc1ccccc1C=NNC(=O)C[NH+]1CC[NH+](Cc2ccccc2Cl)CC1. The number of nitrogens with zero attached hydrogens (tertiary/aromatic N) is 1. The first-order valence-electron chi connectivity index (χ1n) is 9.51. The quantitative estimate of drug-likeness (QED) is 0.443. The minimum absolute atomic E-state index is 0.0734. The third kappa shape index (κ3) is 5.79. The van der Waals surface area contributed by atoms with Gasteiger partial charge >= 0.3 is 0 Å². The molecule has 0 unspecified atom stereocenters. The number of halogens is 1. The third-order valence-electron chi connectivity index (χ3n) is 5.00. The van der Waals surface area contributed by atoms with Crippen LogP contribution in [0.1, 0.15) is 11.1 Å². The van der Waals surface area contributed by atoms with E-state index in [4.69, 9.17) is 16.3 Å². The molecular weight excluding hydrogens is 376 g/mol. The highest BCUT2D eigenvalue weighted by Gasteiger charge is 2.25. The molecule has 0 bridgehead atoms. The Balaban J connectivity index is 1.41. The van der Waals surface area contributed by atoms with Crippen LogP contribution in [0.25, 0.3) is 0 Å². The number of hydrazone groups is 1. The van der Waals surface area contributed by atoms with Crippen molar-refractivity contribution in [1.29, 1.82) is 0 Å². The average Bonchev–Trinajstić information content (AvgIpc) is 2.71. The Kier molecular flexibility index (Phi) is 7.42. The highest BCUT2D eigenvalue weighted by molar-refractivity contribution is 6.31. The molecule has 1 heterocycles. The lowest BCUT2D eigenvalue weighted by molar-refractivity contribution is -1.02. The fourth-order valence-corrected chi connectivity index (χ4v) is 3.64. The summed E-state index contributed by atoms with van der Waals surface area (Å²) in [6.45, 7) is 5.34. The number of rotatable bonds is 7. The molecule has 1 aliphatic rings. The van der Waals surface area contributed by atoms with Crippen LogP contribution in [-0.4, -0.2) is 52.0 Å². The molecule has 2 aromatic carbocycles. The van der Waals surface area contributed by atoms with Crippen LogP contribution in [0.4, 0.5) is 0 Å². The van der Waals surface area contributed by atoms with E-state index in [0.29, 0.717) is 6.54 Å². The van der Waals surface area contributed by atoms with E-state index < -0.39 is 0 Å². The predicted molar refractivity (Wildman–Crippen MR) is 110 cm³/mol. The van der Waals surface area contributed by atoms with E-state index in [9.17, 15) is 4.79 Å². The van der Waals surface area contributed by atoms with E-state index in [-0.39, 0.29) is 5.91 Å². The molecule has 28 heavy (non-hydrogen) atoms. The summed E-state index contributed by atoms with van der Waals surface area (Å²) in [5, 5.41) is 4.89. The number of ether oxygens (including phenoxy) is 1. The molecule has 1 fully saturated rings. The number of carbonyl (C=O) groups is 1. The first-order chi connectivity index (χ1) is 13.7. The lowest BCUT2D eigenvalue weighted by atomic mass is 10.2. The standard InChI is InChI=1S/C21H25ClN4O2/c1-28-20-9-5-3-6-17(20)14-23-24-21(27)16-26-12-10-25(11-13-26)15-18-7-2-4-8-19(18)22/h2-9,14H,10-13,15-16H2,1H3,(H,24,27)/p+2. The van der Waals surface area contributed by atoms with Crippen molar-refractivity contribution in [2.75, 3.05) is 39.8 Å². The molecule has 0 aliphatic carbocycles. The maximum Gasteiger partial charge on any atom is 0.295 e. The Bertz CT molecular complexity index is 820. The van der Waals surface area contributed by atoms with Crippen molar-refractivity contribution in [3.05, 3.63) is 64.7 Å². The van der Waals surface area contributed by atoms with Crippen LogP contribution in [0.5, 0.6) is 5.75 Å². The second-order valence-corrected chi connectivity index (χ2v) is 7.39. The molecule has 0 saturated carbocycles. The van der Waals surface area contributed by atoms with Crippen LogP contribution in [0.2, 0.25) is 5.02 Å². The van der Waals surface area contributed by atoms with Gasteiger partial charge in [0.05, 0.1) is 13.3 Å². The van der Waals surface area contributed by atoms with Gasteiger partial charge in [-0.15, -0.1) is 0 Å². The number of piperazine rings is 1. The average molecular weight is 403 g/mol. The van der Waals surface area contributed by atoms with Crippen LogP contribution in [0.3, 0.4) is 0 Å². The summed E-state index contributed by atoms with van der Waals surface area (Å²) in [5.74, 6) is 0.652. The monoisotopic (exact) mass is 402 g/mol. The topological polar surface area (TPSA) is 59.6 Å². The van der Waals surface area contributed by atoms with Gasteiger partial charge in [-0.3, -0.25) is 4.79 Å². The molecule has 0 aromatic heterocycles. The first kappa shape index (κ1) is 20.3. The highest BCUT2D eigenvalue weighted by Crippen LogP contribution is 2.14. The van der Waals surface area contributed by atoms with Crippen molar-refractivity contribution in [3.63, 3.8) is 0 Å². The molecular formula is C21H27ClN4O2+2. The zero-order valence-corrected chi connectivity index (χ0v) is 16.8. The summed E-state index contributed by atoms with van der Waals surface area (Å²) >= 11 is 6.26. The molecule has 1 saturated heterocycles. The highest BCUT2D eigenvalue weighted by atomic mass is 35.5. The Morgan fingerprint density at radius 2 is 1.79 bits per heavy atom. The number of amides is 1. The van der Waals surface area contributed by atoms with E-state index in [2.05, 4.69) is 16.6 Å². The van der Waals surface area contributed by atoms with Crippen molar-refractivity contribution in [1.82, 2.24) is 5.43 Å². The number of carbonyl (C=O) groups excluding carboxylic acids is 1. The molecule has 0 spiro atoms. The van der Waals surface area contributed by atoms with Crippen molar-refractivity contribution in [2.45, 2.75) is 6.54 Å². The summed E-state index contributed by atoms with van der Waals surface area (Å²) in [7, 11) is 1.61. The Hall–Kier alpha value is -2.41. The maximum atomic E-state index is 12.2. The summed E-state index contributed by atoms with van der Waals surface area (Å²) in [6, 6.07) is 15.6. The van der Waals surface area contributed by atoms with Crippen LogP contribution in [-0.2, 0) is 11.3 Å². The van der Waals surface area contributed by atoms with E-state index in [1.54, 1.807) is 13.3 Å². The third-order valence-corrected chi connectivity index (χ3v) is 5.37. The van der Waals surface area contributed by atoms with Crippen molar-refractivity contribution in [2.24, 2.45) is 5.10 Å². The fraction of sp³-hybridized carbons (Fsp3) is 0.333. The van der Waals surface area contributed by atoms with Crippen LogP contribution in [0, 0.1) is 0 Å². The molecule has 7 heteroatoms. The van der Waals surface area contributed by atoms with Crippen LogP contribution in [0.15, 0.2) is 53.6 Å². The zero-order valence-electron chi connectivity index (χ0n) is 16.1. The van der Waals surface area contributed by atoms with E-state index in [0.717, 1.165) is 49.1 Å². The molecule has 1 aliphatic heterocycles. The number of benzene rings is 2. The number of nitrogens with one attached hydrogen (secondary N) is 3. The lowest BCUT2D eigenvalue weighted by Crippen LogP contribution is -3.28. The van der Waals surface area contributed by atoms with Crippen LogP contribution < -0.4 is 20.0 Å². The normalized spacial score (nSPS) is 19.5. The fourth-order valence-electron chi connectivity index (χ4n) is 3.44. The molecule has 3 N–H and O–H groups in total. The summed E-state index contributed by atoms with van der Waals surface area (Å²) in [5.41, 5.74) is 4.63. The van der Waals surface area contributed by atoms with Gasteiger partial charge in [0.2, 0.25) is 0 Å². The number of para-hydroxylation sites is 1. The van der Waals surface area contributed by atoms with Gasteiger partial charge in [0.1, 0.15) is 38.5 Å². The van der Waals surface area contributed by atoms with Gasteiger partial charge in [0.15, 0.2) is 6.54 Å². The first-order valence-corrected chi connectivity index (χ1v) is 9.89. The van der Waals surface area contributed by atoms with E-state index >= 15 is 0 Å². The smallest absolute Gasteiger partial charge is 0.295 e. The van der Waals surface area contributed by atoms with Gasteiger partial charge in [-0.1, -0.05) is 41.9 Å². The van der Waals surface area contributed by atoms with Gasteiger partial charge in [-0.2, -0.15) is 5.10 Å². The number of methoxy groups -OCH3 is 1. The molecule has 0 atom stereocenters. The van der Waals surface area contributed by atoms with Gasteiger partial charge in [-0.25, -0.2) is 5.43 Å². The van der Waals surface area contributed by atoms with Gasteiger partial charge in [-0.05, 0) is 18.2 Å². The van der Waals surface area contributed by atoms with Crippen molar-refractivity contribution < 1.29 is 19.3 Å². The van der Waals surface area contributed by atoms with Crippen molar-refractivity contribution >= 4 is 23.7 Å². The number of quaternary nitrogens is 2. The molecule has 3 rings (SSSR count). The largest absolute Gasteiger partial charge is 0.496 e. The molecule has 148 valence electrons. The molecule has 6 nitrogen and oxygen atoms in total. The minimum Gasteiger partial charge on any atom is -0.496 e. The summed E-state index contributed by atoms with van der Waals surface area (Å²) in [6.07, 6.45) is 1.61. The predicted octanol–water partition coefficient (Wildman–Crippen LogP) is -0.218. The minimum atomic E-state index is -0.0734. The number of hydrogen-bond acceptors (Lipinski definition) is 3. The second-order valence-electron chi connectivity index (χ2n) is 6.98. The van der Waals surface area contributed by atoms with E-state index in [1.807, 2.05) is 42.5 Å². The molecule has 0 radical (unpaired) electrons. The second kappa shape index (κ2) is 10.2. The van der Waals surface area contributed by atoms with Crippen molar-refractivity contribution in [3.8, 4) is 5.75 Å². The zero-order chi connectivity index (χ0) is 19.8. The Morgan fingerprint density at radius 3 is 2.54 bits per heavy atom. The Morgan fingerprint density at radius 1 is 1.11 bits per heavy atom. The molecule has 1 amide bonds. The summed E-state index contributed by atoms with van der Waals surface area (Å²) < 4.78 is 5.27. The van der Waals surface area contributed by atoms with Gasteiger partial charge in [0.25, 0.3) is 5.91 Å². The summed E-state index contributed by atoms with van der Waals surface area (Å²) in [4.78, 5) is 15.0. The number of hydrogen-bond donors (Lipinski definition) is 3. The maximum absolute atomic E-state index is 12.2. The van der Waals surface area contributed by atoms with Gasteiger partial charge in [0, 0.05) is 16.1 Å². The lowest BCUT2D eigenvalue weighted by Gasteiger charge is -2.29. The van der Waals surface area contributed by atoms with Gasteiger partial charge < -0.3 is 14.5 Å². The molecule has 2 aromatic rings. The van der Waals surface area contributed by atoms with E-state index in [1.165, 1.54) is 15.4 Å². The Labute approximate surface area is 170 Å².